The Hall–Kier alpha value is -3.16. The van der Waals surface area contributed by atoms with Gasteiger partial charge in [-0.05, 0) is 42.0 Å². The lowest BCUT2D eigenvalue weighted by Gasteiger charge is -2.21. The topological polar surface area (TPSA) is 84.5 Å². The molecule has 0 aliphatic carbocycles. The van der Waals surface area contributed by atoms with Crippen LogP contribution >= 0.6 is 0 Å². The number of sulfonamides is 1. The largest absolute Gasteiger partial charge is 0.465 e. The summed E-state index contributed by atoms with van der Waals surface area (Å²) >= 11 is 0. The number of methoxy groups -OCH3 is 1. The fraction of sp³-hybridized carbons (Fsp3) is 0.136. The Morgan fingerprint density at radius 3 is 2.07 bits per heavy atom. The Morgan fingerprint density at radius 2 is 1.48 bits per heavy atom. The van der Waals surface area contributed by atoms with Crippen LogP contribution in [-0.4, -0.2) is 28.0 Å². The van der Waals surface area contributed by atoms with E-state index in [-0.39, 0.29) is 17.5 Å². The minimum Gasteiger partial charge on any atom is -0.465 e. The van der Waals surface area contributed by atoms with Gasteiger partial charge in [-0.3, -0.25) is 0 Å². The van der Waals surface area contributed by atoms with E-state index in [4.69, 9.17) is 4.74 Å². The first-order valence-electron chi connectivity index (χ1n) is 9.04. The van der Waals surface area contributed by atoms with Gasteiger partial charge in [0.05, 0.1) is 23.6 Å². The van der Waals surface area contributed by atoms with Crippen LogP contribution in [0.2, 0.25) is 0 Å². The van der Waals surface area contributed by atoms with E-state index in [9.17, 15) is 13.2 Å². The molecule has 1 atom stereocenters. The van der Waals surface area contributed by atoms with Gasteiger partial charge in [0.2, 0.25) is 10.0 Å². The molecule has 29 heavy (non-hydrogen) atoms. The fourth-order valence-electron chi connectivity index (χ4n) is 2.84. The fourth-order valence-corrected chi connectivity index (χ4v) is 3.90. The molecule has 0 aliphatic rings. The van der Waals surface area contributed by atoms with Crippen molar-refractivity contribution < 1.29 is 17.9 Å². The molecule has 0 aliphatic heterocycles. The molecular weight excluding hydrogens is 388 g/mol. The SMILES string of the molecule is COC(=O)c1ccc(N[C@@H](CNS(=O)(=O)c2ccccc2)c2ccccc2)cc1. The Labute approximate surface area is 170 Å². The summed E-state index contributed by atoms with van der Waals surface area (Å²) in [5, 5.41) is 3.32. The third-order valence-corrected chi connectivity index (χ3v) is 5.82. The van der Waals surface area contributed by atoms with Gasteiger partial charge in [0, 0.05) is 12.2 Å². The molecular formula is C22H22N2O4S. The normalized spacial score (nSPS) is 12.2. The third kappa shape index (κ3) is 5.43. The summed E-state index contributed by atoms with van der Waals surface area (Å²) in [5.41, 5.74) is 2.13. The highest BCUT2D eigenvalue weighted by molar-refractivity contribution is 7.89. The van der Waals surface area contributed by atoms with Crippen molar-refractivity contribution in [1.82, 2.24) is 4.72 Å². The summed E-state index contributed by atoms with van der Waals surface area (Å²) in [6, 6.07) is 24.3. The molecule has 0 fully saturated rings. The van der Waals surface area contributed by atoms with Gasteiger partial charge in [0.25, 0.3) is 0 Å². The highest BCUT2D eigenvalue weighted by atomic mass is 32.2. The van der Waals surface area contributed by atoms with E-state index in [1.54, 1.807) is 54.6 Å². The molecule has 3 rings (SSSR count). The summed E-state index contributed by atoms with van der Waals surface area (Å²) in [7, 11) is -2.30. The Balaban J connectivity index is 1.78. The second kappa shape index (κ2) is 9.36. The van der Waals surface area contributed by atoms with Gasteiger partial charge in [-0.1, -0.05) is 48.5 Å². The average molecular weight is 410 g/mol. The first kappa shape index (κ1) is 20.6. The van der Waals surface area contributed by atoms with E-state index in [1.165, 1.54) is 7.11 Å². The number of nitrogens with one attached hydrogen (secondary N) is 2. The Bertz CT molecular complexity index is 1040. The van der Waals surface area contributed by atoms with Gasteiger partial charge in [0.1, 0.15) is 0 Å². The first-order valence-corrected chi connectivity index (χ1v) is 10.5. The Kier molecular flexibility index (Phi) is 6.64. The van der Waals surface area contributed by atoms with Crippen LogP contribution in [-0.2, 0) is 14.8 Å². The molecule has 0 aromatic heterocycles. The molecule has 0 bridgehead atoms. The third-order valence-electron chi connectivity index (χ3n) is 4.38. The smallest absolute Gasteiger partial charge is 0.337 e. The predicted octanol–water partition coefficient (Wildman–Crippen LogP) is 3.60. The number of ether oxygens (including phenoxy) is 1. The van der Waals surface area contributed by atoms with E-state index in [2.05, 4.69) is 10.0 Å². The van der Waals surface area contributed by atoms with Gasteiger partial charge in [-0.2, -0.15) is 0 Å². The van der Waals surface area contributed by atoms with Crippen molar-refractivity contribution in [3.05, 3.63) is 96.1 Å². The standard InChI is InChI=1S/C22H22N2O4S/c1-28-22(25)18-12-14-19(15-13-18)24-21(17-8-4-2-5-9-17)16-23-29(26,27)20-10-6-3-7-11-20/h2-15,21,23-24H,16H2,1H3/t21-/m0/s1. The van der Waals surface area contributed by atoms with Crippen LogP contribution in [0.25, 0.3) is 0 Å². The lowest BCUT2D eigenvalue weighted by atomic mass is 10.1. The zero-order valence-electron chi connectivity index (χ0n) is 15.9. The monoisotopic (exact) mass is 410 g/mol. The summed E-state index contributed by atoms with van der Waals surface area (Å²) < 4.78 is 32.5. The van der Waals surface area contributed by atoms with Crippen molar-refractivity contribution in [3.63, 3.8) is 0 Å². The zero-order valence-corrected chi connectivity index (χ0v) is 16.7. The van der Waals surface area contributed by atoms with Crippen molar-refractivity contribution in [3.8, 4) is 0 Å². The van der Waals surface area contributed by atoms with Gasteiger partial charge in [-0.15, -0.1) is 0 Å². The molecule has 3 aromatic carbocycles. The maximum absolute atomic E-state index is 12.6. The van der Waals surface area contributed by atoms with Crippen molar-refractivity contribution in [2.24, 2.45) is 0 Å². The minimum absolute atomic E-state index is 0.153. The summed E-state index contributed by atoms with van der Waals surface area (Å²) in [4.78, 5) is 11.8. The van der Waals surface area contributed by atoms with Crippen LogP contribution in [0.4, 0.5) is 5.69 Å². The molecule has 2 N–H and O–H groups in total. The molecule has 3 aromatic rings. The van der Waals surface area contributed by atoms with Crippen molar-refractivity contribution in [2.45, 2.75) is 10.9 Å². The second-order valence-electron chi connectivity index (χ2n) is 6.34. The lowest BCUT2D eigenvalue weighted by Crippen LogP contribution is -2.31. The van der Waals surface area contributed by atoms with E-state index in [0.717, 1.165) is 11.3 Å². The Morgan fingerprint density at radius 1 is 0.897 bits per heavy atom. The molecule has 150 valence electrons. The lowest BCUT2D eigenvalue weighted by molar-refractivity contribution is 0.0600. The molecule has 0 amide bonds. The quantitative estimate of drug-likeness (QED) is 0.554. The number of carbonyl (C=O) groups excluding carboxylic acids is 1. The number of hydrogen-bond donors (Lipinski definition) is 2. The van der Waals surface area contributed by atoms with Gasteiger partial charge in [-0.25, -0.2) is 17.9 Å². The van der Waals surface area contributed by atoms with Crippen LogP contribution < -0.4 is 10.0 Å². The van der Waals surface area contributed by atoms with Gasteiger partial charge >= 0.3 is 5.97 Å². The first-order chi connectivity index (χ1) is 14.0. The molecule has 7 heteroatoms. The number of hydrogen-bond acceptors (Lipinski definition) is 5. The van der Waals surface area contributed by atoms with Gasteiger partial charge in [0.15, 0.2) is 0 Å². The number of rotatable bonds is 8. The average Bonchev–Trinajstić information content (AvgIpc) is 2.77. The second-order valence-corrected chi connectivity index (χ2v) is 8.11. The van der Waals surface area contributed by atoms with Crippen molar-refractivity contribution in [2.75, 3.05) is 19.0 Å². The van der Waals surface area contributed by atoms with Crippen molar-refractivity contribution >= 4 is 21.7 Å². The minimum atomic E-state index is -3.63. The van der Waals surface area contributed by atoms with Gasteiger partial charge < -0.3 is 10.1 Å². The van der Waals surface area contributed by atoms with Crippen molar-refractivity contribution in [1.29, 1.82) is 0 Å². The maximum atomic E-state index is 12.6. The van der Waals surface area contributed by atoms with E-state index >= 15 is 0 Å². The van der Waals surface area contributed by atoms with Crippen LogP contribution in [0, 0.1) is 0 Å². The summed E-state index contributed by atoms with van der Waals surface area (Å²) in [6.07, 6.45) is 0. The predicted molar refractivity (Wildman–Crippen MR) is 112 cm³/mol. The number of anilines is 1. The number of benzene rings is 3. The maximum Gasteiger partial charge on any atom is 0.337 e. The molecule has 6 nitrogen and oxygen atoms in total. The van der Waals surface area contributed by atoms with Crippen LogP contribution in [0.5, 0.6) is 0 Å². The van der Waals surface area contributed by atoms with E-state index in [1.807, 2.05) is 30.3 Å². The molecule has 0 radical (unpaired) electrons. The number of esters is 1. The zero-order chi connectivity index (χ0) is 20.7. The van der Waals surface area contributed by atoms with E-state index in [0.29, 0.717) is 5.56 Å². The molecule has 0 unspecified atom stereocenters. The summed E-state index contributed by atoms with van der Waals surface area (Å²) in [6.45, 7) is 0.153. The molecule has 0 saturated heterocycles. The van der Waals surface area contributed by atoms with Crippen LogP contribution in [0.15, 0.2) is 89.8 Å². The molecule has 0 heterocycles. The molecule has 0 saturated carbocycles. The van der Waals surface area contributed by atoms with Crippen LogP contribution in [0.3, 0.4) is 0 Å². The molecule has 0 spiro atoms. The van der Waals surface area contributed by atoms with Crippen LogP contribution in [0.1, 0.15) is 22.0 Å². The number of carbonyl (C=O) groups is 1. The highest BCUT2D eigenvalue weighted by Gasteiger charge is 2.18. The highest BCUT2D eigenvalue weighted by Crippen LogP contribution is 2.21. The summed E-state index contributed by atoms with van der Waals surface area (Å²) in [5.74, 6) is -0.410. The van der Waals surface area contributed by atoms with E-state index < -0.39 is 16.0 Å².